The third-order valence-electron chi connectivity index (χ3n) is 2.95. The lowest BCUT2D eigenvalue weighted by molar-refractivity contribution is -0.112. The largest absolute Gasteiger partial charge is 0.305 e. The minimum atomic E-state index is -0.230. The summed E-state index contributed by atoms with van der Waals surface area (Å²) in [6.45, 7) is 0. The molecule has 6 heteroatoms. The number of halogens is 1. The average Bonchev–Trinajstić information content (AvgIpc) is 2.81. The molecule has 3 rings (SSSR count). The number of nitrogens with zero attached hydrogens (tertiary/aromatic N) is 1. The molecule has 0 saturated heterocycles. The minimum absolute atomic E-state index is 0.230. The summed E-state index contributed by atoms with van der Waals surface area (Å²) in [5.41, 5.74) is 1.31. The van der Waals surface area contributed by atoms with Gasteiger partial charge in [0.1, 0.15) is 0 Å². The molecule has 2 aromatic rings. The average molecular weight is 304 g/mol. The Balaban J connectivity index is 1.88. The zero-order valence-corrected chi connectivity index (χ0v) is 11.9. The van der Waals surface area contributed by atoms with E-state index >= 15 is 0 Å². The van der Waals surface area contributed by atoms with Crippen LogP contribution in [0.5, 0.6) is 0 Å². The van der Waals surface area contributed by atoms with Crippen molar-refractivity contribution in [2.75, 3.05) is 5.32 Å². The first kappa shape index (κ1) is 13.0. The van der Waals surface area contributed by atoms with Crippen LogP contribution in [0.2, 0.25) is 5.02 Å². The second-order valence-electron chi connectivity index (χ2n) is 4.39. The monoisotopic (exact) mass is 303 g/mol. The number of aromatic nitrogens is 2. The molecule has 0 fully saturated rings. The molecule has 0 aliphatic heterocycles. The van der Waals surface area contributed by atoms with Crippen molar-refractivity contribution in [2.24, 2.45) is 0 Å². The molecule has 0 spiro atoms. The molecule has 1 aromatic heterocycles. The van der Waals surface area contributed by atoms with Gasteiger partial charge in [0.25, 0.3) is 5.91 Å². The second kappa shape index (κ2) is 5.19. The summed E-state index contributed by atoms with van der Waals surface area (Å²) < 4.78 is 0. The van der Waals surface area contributed by atoms with Gasteiger partial charge in [-0.3, -0.25) is 9.89 Å². The molecule has 2 N–H and O–H groups in total. The van der Waals surface area contributed by atoms with E-state index in [0.29, 0.717) is 22.8 Å². The molecule has 1 aliphatic carbocycles. The number of thiocarbonyl (C=S) groups is 1. The first-order valence-electron chi connectivity index (χ1n) is 5.99. The topological polar surface area (TPSA) is 57.8 Å². The summed E-state index contributed by atoms with van der Waals surface area (Å²) >= 11 is 11.0. The molecule has 1 aliphatic rings. The number of carbonyl (C=O) groups excluding carboxylic acids is 1. The van der Waals surface area contributed by atoms with Crippen LogP contribution in [0.25, 0.3) is 10.9 Å². The molecule has 0 unspecified atom stereocenters. The summed E-state index contributed by atoms with van der Waals surface area (Å²) in [7, 11) is 0. The van der Waals surface area contributed by atoms with Gasteiger partial charge in [0.2, 0.25) is 0 Å². The predicted molar refractivity (Wildman–Crippen MR) is 84.2 cm³/mol. The van der Waals surface area contributed by atoms with E-state index in [9.17, 15) is 4.79 Å². The van der Waals surface area contributed by atoms with Gasteiger partial charge < -0.3 is 5.32 Å². The molecule has 20 heavy (non-hydrogen) atoms. The van der Waals surface area contributed by atoms with E-state index in [1.807, 2.05) is 12.1 Å². The van der Waals surface area contributed by atoms with Gasteiger partial charge in [0.05, 0.1) is 5.52 Å². The van der Waals surface area contributed by atoms with Crippen molar-refractivity contribution in [1.82, 2.24) is 10.2 Å². The first-order valence-corrected chi connectivity index (χ1v) is 6.78. The van der Waals surface area contributed by atoms with Gasteiger partial charge in [-0.1, -0.05) is 36.0 Å². The van der Waals surface area contributed by atoms with Gasteiger partial charge in [-0.15, -0.1) is 0 Å². The number of amides is 1. The minimum Gasteiger partial charge on any atom is -0.305 e. The van der Waals surface area contributed by atoms with Crippen LogP contribution in [0.15, 0.2) is 42.0 Å². The van der Waals surface area contributed by atoms with Gasteiger partial charge in [-0.25, -0.2) is 0 Å². The smallest absolute Gasteiger partial charge is 0.256 e. The van der Waals surface area contributed by atoms with E-state index in [2.05, 4.69) is 15.5 Å². The Kier molecular flexibility index (Phi) is 3.38. The molecule has 1 amide bonds. The maximum atomic E-state index is 12.2. The standard InChI is InChI=1S/C14H10ClN3OS/c15-9-4-5-11-12(7-9)17-18-13(11)16-14(19)8-2-1-3-10(20)6-8/h1-2,4-7H,3H2,(H2,16,17,18,19). The zero-order chi connectivity index (χ0) is 14.1. The Hall–Kier alpha value is -1.98. The molecule has 1 aromatic carbocycles. The highest BCUT2D eigenvalue weighted by Crippen LogP contribution is 2.24. The van der Waals surface area contributed by atoms with Crippen molar-refractivity contribution in [3.8, 4) is 0 Å². The van der Waals surface area contributed by atoms with E-state index in [-0.39, 0.29) is 5.91 Å². The number of hydrogen-bond donors (Lipinski definition) is 2. The molecule has 1 heterocycles. The summed E-state index contributed by atoms with van der Waals surface area (Å²) in [4.78, 5) is 12.9. The maximum Gasteiger partial charge on any atom is 0.256 e. The number of nitrogens with one attached hydrogen (secondary N) is 2. The zero-order valence-electron chi connectivity index (χ0n) is 10.3. The number of anilines is 1. The molecule has 0 atom stereocenters. The van der Waals surface area contributed by atoms with E-state index in [0.717, 1.165) is 15.8 Å². The van der Waals surface area contributed by atoms with Crippen molar-refractivity contribution < 1.29 is 4.79 Å². The maximum absolute atomic E-state index is 12.2. The van der Waals surface area contributed by atoms with Gasteiger partial charge in [-0.2, -0.15) is 5.10 Å². The highest BCUT2D eigenvalue weighted by Gasteiger charge is 2.14. The van der Waals surface area contributed by atoms with Crippen LogP contribution in [-0.2, 0) is 4.79 Å². The normalized spacial score (nSPS) is 14.4. The van der Waals surface area contributed by atoms with Crippen molar-refractivity contribution in [2.45, 2.75) is 6.42 Å². The van der Waals surface area contributed by atoms with Crippen molar-refractivity contribution in [3.63, 3.8) is 0 Å². The molecular weight excluding hydrogens is 294 g/mol. The Labute approximate surface area is 125 Å². The lowest BCUT2D eigenvalue weighted by Crippen LogP contribution is -2.16. The number of benzene rings is 1. The highest BCUT2D eigenvalue weighted by molar-refractivity contribution is 7.80. The quantitative estimate of drug-likeness (QED) is 0.836. The lowest BCUT2D eigenvalue weighted by Gasteiger charge is -2.07. The van der Waals surface area contributed by atoms with Gasteiger partial charge in [0.15, 0.2) is 5.82 Å². The van der Waals surface area contributed by atoms with E-state index in [4.69, 9.17) is 23.8 Å². The third-order valence-corrected chi connectivity index (χ3v) is 3.47. The molecule has 4 nitrogen and oxygen atoms in total. The predicted octanol–water partition coefficient (Wildman–Crippen LogP) is 3.41. The van der Waals surface area contributed by atoms with Crippen molar-refractivity contribution in [1.29, 1.82) is 0 Å². The summed E-state index contributed by atoms with van der Waals surface area (Å²) in [5, 5.41) is 11.1. The molecule has 0 radical (unpaired) electrons. The van der Waals surface area contributed by atoms with Crippen LogP contribution in [0.3, 0.4) is 0 Å². The Morgan fingerprint density at radius 1 is 1.45 bits per heavy atom. The van der Waals surface area contributed by atoms with Crippen LogP contribution < -0.4 is 5.32 Å². The van der Waals surface area contributed by atoms with E-state index in [1.54, 1.807) is 24.3 Å². The number of H-pyrrole nitrogens is 1. The van der Waals surface area contributed by atoms with Gasteiger partial charge in [-0.05, 0) is 24.3 Å². The molecular formula is C14H10ClN3OS. The summed E-state index contributed by atoms with van der Waals surface area (Å²) in [6.07, 6.45) is 6.04. The lowest BCUT2D eigenvalue weighted by atomic mass is 10.1. The number of carbonyl (C=O) groups is 1. The van der Waals surface area contributed by atoms with Crippen LogP contribution >= 0.6 is 23.8 Å². The number of allylic oxidation sites excluding steroid dienone is 2. The second-order valence-corrected chi connectivity index (χ2v) is 5.35. The fourth-order valence-electron chi connectivity index (χ4n) is 1.99. The Morgan fingerprint density at radius 2 is 2.30 bits per heavy atom. The van der Waals surface area contributed by atoms with Gasteiger partial charge in [0, 0.05) is 27.3 Å². The molecule has 0 saturated carbocycles. The summed E-state index contributed by atoms with van der Waals surface area (Å²) in [5.74, 6) is 0.249. The number of aromatic amines is 1. The molecule has 100 valence electrons. The van der Waals surface area contributed by atoms with E-state index in [1.165, 1.54) is 0 Å². The third kappa shape index (κ3) is 2.50. The SMILES string of the molecule is O=C(Nc1n[nH]c2cc(Cl)ccc12)C1=CC(=S)CC=C1. The first-order chi connectivity index (χ1) is 9.63. The number of hydrogen-bond acceptors (Lipinski definition) is 3. The van der Waals surface area contributed by atoms with Crippen LogP contribution in [0, 0.1) is 0 Å². The Morgan fingerprint density at radius 3 is 3.10 bits per heavy atom. The summed E-state index contributed by atoms with van der Waals surface area (Å²) in [6, 6.07) is 5.32. The van der Waals surface area contributed by atoms with Crippen molar-refractivity contribution >= 4 is 51.3 Å². The van der Waals surface area contributed by atoms with E-state index < -0.39 is 0 Å². The molecule has 0 bridgehead atoms. The fraction of sp³-hybridized carbons (Fsp3) is 0.0714. The fourth-order valence-corrected chi connectivity index (χ4v) is 2.39. The van der Waals surface area contributed by atoms with Gasteiger partial charge >= 0.3 is 0 Å². The number of rotatable bonds is 2. The highest BCUT2D eigenvalue weighted by atomic mass is 35.5. The Bertz CT molecular complexity index is 776. The van der Waals surface area contributed by atoms with Crippen LogP contribution in [0.4, 0.5) is 5.82 Å². The van der Waals surface area contributed by atoms with Crippen LogP contribution in [0.1, 0.15) is 6.42 Å². The number of fused-ring (bicyclic) bond motifs is 1. The van der Waals surface area contributed by atoms with Crippen LogP contribution in [-0.4, -0.2) is 21.0 Å². The van der Waals surface area contributed by atoms with Crippen molar-refractivity contribution in [3.05, 3.63) is 47.0 Å².